The summed E-state index contributed by atoms with van der Waals surface area (Å²) in [6.07, 6.45) is -5.79. The fourth-order valence-corrected chi connectivity index (χ4v) is 0.303. The second kappa shape index (κ2) is 2.42. The summed E-state index contributed by atoms with van der Waals surface area (Å²) in [6, 6.07) is 0. The van der Waals surface area contributed by atoms with Crippen molar-refractivity contribution in [3.8, 4) is 0 Å². The van der Waals surface area contributed by atoms with Gasteiger partial charge < -0.3 is 0 Å². The third-order valence-electron chi connectivity index (χ3n) is 0.665. The maximum absolute atomic E-state index is 11.6. The Balaban J connectivity index is 4.57. The van der Waals surface area contributed by atoms with Crippen molar-refractivity contribution < 1.29 is 26.7 Å². The number of carbonyl (C=O) groups is 1. The molecule has 0 radical (unpaired) electrons. The van der Waals surface area contributed by atoms with E-state index in [4.69, 9.17) is 0 Å². The Morgan fingerprint density at radius 2 is 1.40 bits per heavy atom. The van der Waals surface area contributed by atoms with Gasteiger partial charge in [0.25, 0.3) is 0 Å². The Morgan fingerprint density at radius 3 is 1.40 bits per heavy atom. The summed E-state index contributed by atoms with van der Waals surface area (Å²) in [5.41, 5.74) is -2.28. The smallest absolute Gasteiger partial charge is 0.288 e. The highest BCUT2D eigenvalue weighted by Crippen LogP contribution is 2.37. The number of carbonyl (C=O) groups excluding carboxylic acids is 1. The van der Waals surface area contributed by atoms with Crippen LogP contribution in [0.1, 0.15) is 0 Å². The van der Waals surface area contributed by atoms with Gasteiger partial charge in [0.1, 0.15) is 0 Å². The molecule has 0 bridgehead atoms. The first-order valence-electron chi connectivity index (χ1n) is 1.94. The van der Waals surface area contributed by atoms with E-state index in [1.807, 2.05) is 0 Å². The average Bonchev–Trinajstić information content (AvgIpc) is 1.62. The van der Waals surface area contributed by atoms with Gasteiger partial charge in [-0.2, -0.15) is 22.0 Å². The van der Waals surface area contributed by atoms with Gasteiger partial charge in [-0.1, -0.05) is 9.24 Å². The van der Waals surface area contributed by atoms with Crippen molar-refractivity contribution in [2.24, 2.45) is 0 Å². The van der Waals surface area contributed by atoms with Crippen molar-refractivity contribution in [1.82, 2.24) is 0 Å². The predicted molar refractivity (Wildman–Crippen MR) is 25.7 cm³/mol. The van der Waals surface area contributed by atoms with E-state index < -0.39 is 17.6 Å². The van der Waals surface area contributed by atoms with Gasteiger partial charge in [-0.05, 0) is 0 Å². The number of alkyl halides is 5. The SMILES string of the molecule is O=C(P)C(F)(F)C(F)(F)F. The van der Waals surface area contributed by atoms with Crippen LogP contribution in [0.5, 0.6) is 0 Å². The second-order valence-corrected chi connectivity index (χ2v) is 1.96. The Morgan fingerprint density at radius 1 is 1.10 bits per heavy atom. The van der Waals surface area contributed by atoms with Crippen LogP contribution in [0.25, 0.3) is 0 Å². The molecule has 0 aliphatic heterocycles. The van der Waals surface area contributed by atoms with Crippen molar-refractivity contribution in [3.05, 3.63) is 0 Å². The summed E-state index contributed by atoms with van der Waals surface area (Å²) < 4.78 is 56.4. The van der Waals surface area contributed by atoms with Gasteiger partial charge in [-0.25, -0.2) is 0 Å². The molecule has 0 saturated heterocycles. The maximum atomic E-state index is 11.6. The minimum absolute atomic E-state index is 0.781. The van der Waals surface area contributed by atoms with Crippen molar-refractivity contribution in [1.29, 1.82) is 0 Å². The molecule has 1 unspecified atom stereocenters. The highest BCUT2D eigenvalue weighted by Gasteiger charge is 2.61. The lowest BCUT2D eigenvalue weighted by molar-refractivity contribution is -0.264. The normalized spacial score (nSPS) is 13.4. The van der Waals surface area contributed by atoms with Gasteiger partial charge in [0.05, 0.1) is 0 Å². The molecule has 10 heavy (non-hydrogen) atoms. The lowest BCUT2D eigenvalue weighted by atomic mass is 10.4. The minimum Gasteiger partial charge on any atom is -0.288 e. The highest BCUT2D eigenvalue weighted by molar-refractivity contribution is 7.40. The molecule has 0 aliphatic rings. The Labute approximate surface area is 54.8 Å². The number of hydrogen-bond acceptors (Lipinski definition) is 1. The molecule has 0 amide bonds. The van der Waals surface area contributed by atoms with Crippen LogP contribution in [-0.2, 0) is 4.79 Å². The monoisotopic (exact) mass is 180 g/mol. The number of rotatable bonds is 1. The predicted octanol–water partition coefficient (Wildman–Crippen LogP) is 1.59. The van der Waals surface area contributed by atoms with Gasteiger partial charge in [-0.3, -0.25) is 4.79 Å². The third kappa shape index (κ3) is 1.62. The molecule has 1 atom stereocenters. The number of halogens is 5. The molecule has 0 aromatic carbocycles. The van der Waals surface area contributed by atoms with Crippen molar-refractivity contribution in [2.45, 2.75) is 12.1 Å². The van der Waals surface area contributed by atoms with E-state index in [1.165, 1.54) is 0 Å². The van der Waals surface area contributed by atoms with E-state index in [-0.39, 0.29) is 0 Å². The molecule has 0 aromatic heterocycles. The topological polar surface area (TPSA) is 17.1 Å². The Hall–Kier alpha value is -0.250. The quantitative estimate of drug-likeness (QED) is 0.442. The lowest BCUT2D eigenvalue weighted by Crippen LogP contribution is -2.41. The summed E-state index contributed by atoms with van der Waals surface area (Å²) >= 11 is 0. The Bertz CT molecular complexity index is 149. The van der Waals surface area contributed by atoms with E-state index in [1.54, 1.807) is 0 Å². The zero-order valence-electron chi connectivity index (χ0n) is 4.38. The number of hydrogen-bond donors (Lipinski definition) is 0. The van der Waals surface area contributed by atoms with Gasteiger partial charge in [0.2, 0.25) is 5.52 Å². The van der Waals surface area contributed by atoms with Gasteiger partial charge in [-0.15, -0.1) is 0 Å². The van der Waals surface area contributed by atoms with Crippen LogP contribution in [0.2, 0.25) is 0 Å². The van der Waals surface area contributed by atoms with Crippen LogP contribution in [0, 0.1) is 0 Å². The Kier molecular flexibility index (Phi) is 2.36. The third-order valence-corrected chi connectivity index (χ3v) is 1.03. The standard InChI is InChI=1S/C3H2F5OP/c4-2(5,1(9)10)3(6,7)8/h10H2. The van der Waals surface area contributed by atoms with Crippen LogP contribution in [-0.4, -0.2) is 17.6 Å². The molecular weight excluding hydrogens is 178 g/mol. The summed E-state index contributed by atoms with van der Waals surface area (Å²) in [7, 11) is 0.781. The molecule has 0 aliphatic carbocycles. The van der Waals surface area contributed by atoms with Gasteiger partial charge >= 0.3 is 12.1 Å². The van der Waals surface area contributed by atoms with E-state index in [9.17, 15) is 26.7 Å². The lowest BCUT2D eigenvalue weighted by Gasteiger charge is -2.15. The fourth-order valence-electron chi connectivity index (χ4n) is 0.140. The van der Waals surface area contributed by atoms with Gasteiger partial charge in [0.15, 0.2) is 0 Å². The van der Waals surface area contributed by atoms with Crippen LogP contribution in [0.15, 0.2) is 0 Å². The minimum atomic E-state index is -5.79. The molecule has 0 N–H and O–H groups in total. The fraction of sp³-hybridized carbons (Fsp3) is 0.667. The van der Waals surface area contributed by atoms with Crippen LogP contribution in [0.4, 0.5) is 22.0 Å². The molecular formula is C3H2F5OP. The highest BCUT2D eigenvalue weighted by atomic mass is 31.0. The molecule has 0 aromatic rings. The second-order valence-electron chi connectivity index (χ2n) is 1.44. The molecule has 0 heterocycles. The molecule has 7 heteroatoms. The first-order valence-corrected chi connectivity index (χ1v) is 2.52. The van der Waals surface area contributed by atoms with Gasteiger partial charge in [0, 0.05) is 0 Å². The molecule has 0 spiro atoms. The zero-order valence-corrected chi connectivity index (χ0v) is 5.53. The summed E-state index contributed by atoms with van der Waals surface area (Å²) in [5.74, 6) is -5.24. The molecule has 60 valence electrons. The van der Waals surface area contributed by atoms with Crippen LogP contribution < -0.4 is 0 Å². The van der Waals surface area contributed by atoms with Crippen LogP contribution >= 0.6 is 9.24 Å². The van der Waals surface area contributed by atoms with Crippen molar-refractivity contribution in [2.75, 3.05) is 0 Å². The van der Waals surface area contributed by atoms with Crippen LogP contribution in [0.3, 0.4) is 0 Å². The summed E-state index contributed by atoms with van der Waals surface area (Å²) in [4.78, 5) is 9.61. The van der Waals surface area contributed by atoms with Crippen molar-refractivity contribution >= 4 is 14.8 Å². The molecule has 0 fully saturated rings. The van der Waals surface area contributed by atoms with Crippen molar-refractivity contribution in [3.63, 3.8) is 0 Å². The molecule has 1 nitrogen and oxygen atoms in total. The zero-order chi connectivity index (χ0) is 8.58. The molecule has 0 saturated carbocycles. The summed E-state index contributed by atoms with van der Waals surface area (Å²) in [5, 5.41) is 0. The maximum Gasteiger partial charge on any atom is 0.461 e. The summed E-state index contributed by atoms with van der Waals surface area (Å²) in [6.45, 7) is 0. The largest absolute Gasteiger partial charge is 0.461 e. The van der Waals surface area contributed by atoms with E-state index in [0.29, 0.717) is 0 Å². The molecule has 0 rings (SSSR count). The first-order chi connectivity index (χ1) is 4.19. The average molecular weight is 180 g/mol. The van der Waals surface area contributed by atoms with E-state index >= 15 is 0 Å². The van der Waals surface area contributed by atoms with E-state index in [2.05, 4.69) is 0 Å². The van der Waals surface area contributed by atoms with E-state index in [0.717, 1.165) is 9.24 Å². The first kappa shape index (κ1) is 9.75.